The lowest BCUT2D eigenvalue weighted by atomic mass is 9.85. The van der Waals surface area contributed by atoms with E-state index in [4.69, 9.17) is 4.74 Å². The number of aromatic nitrogens is 1. The molecule has 124 valence electrons. The van der Waals surface area contributed by atoms with E-state index >= 15 is 0 Å². The van der Waals surface area contributed by atoms with E-state index in [1.807, 2.05) is 31.4 Å². The van der Waals surface area contributed by atoms with Crippen molar-refractivity contribution >= 4 is 22.4 Å². The van der Waals surface area contributed by atoms with Crippen molar-refractivity contribution in [2.75, 3.05) is 5.32 Å². The van der Waals surface area contributed by atoms with Crippen LogP contribution in [0.25, 0.3) is 0 Å². The summed E-state index contributed by atoms with van der Waals surface area (Å²) in [5, 5.41) is 5.36. The molecule has 1 heterocycles. The van der Waals surface area contributed by atoms with Crippen molar-refractivity contribution in [1.82, 2.24) is 4.98 Å². The maximum atomic E-state index is 12.2. The summed E-state index contributed by atoms with van der Waals surface area (Å²) in [6.45, 7) is 8.29. The van der Waals surface area contributed by atoms with Gasteiger partial charge in [0.25, 0.3) is 0 Å². The van der Waals surface area contributed by atoms with E-state index in [9.17, 15) is 4.79 Å². The molecule has 0 fully saturated rings. The van der Waals surface area contributed by atoms with Gasteiger partial charge < -0.3 is 10.1 Å². The zero-order valence-electron chi connectivity index (χ0n) is 14.1. The summed E-state index contributed by atoms with van der Waals surface area (Å²) in [7, 11) is 0. The monoisotopic (exact) mass is 332 g/mol. The average molecular weight is 332 g/mol. The summed E-state index contributed by atoms with van der Waals surface area (Å²) in [5.41, 5.74) is 1.16. The second-order valence-electron chi connectivity index (χ2n) is 6.18. The number of hydrogen-bond donors (Lipinski definition) is 1. The molecule has 1 aromatic carbocycles. The summed E-state index contributed by atoms with van der Waals surface area (Å²) in [5.74, 6) is 1.40. The van der Waals surface area contributed by atoms with Gasteiger partial charge in [-0.15, -0.1) is 11.3 Å². The minimum absolute atomic E-state index is 0.00107. The van der Waals surface area contributed by atoms with Crippen molar-refractivity contribution < 1.29 is 9.53 Å². The first kappa shape index (κ1) is 17.5. The van der Waals surface area contributed by atoms with E-state index in [0.717, 1.165) is 11.3 Å². The van der Waals surface area contributed by atoms with Crippen molar-refractivity contribution in [2.45, 2.75) is 46.1 Å². The van der Waals surface area contributed by atoms with Crippen LogP contribution in [-0.4, -0.2) is 17.0 Å². The van der Waals surface area contributed by atoms with Crippen molar-refractivity contribution in [3.63, 3.8) is 0 Å². The van der Waals surface area contributed by atoms with Gasteiger partial charge >= 0.3 is 0 Å². The zero-order valence-corrected chi connectivity index (χ0v) is 14.9. The summed E-state index contributed by atoms with van der Waals surface area (Å²) in [6.07, 6.45) is 2.29. The highest BCUT2D eigenvalue weighted by molar-refractivity contribution is 7.13. The Labute approximate surface area is 141 Å². The predicted molar refractivity (Wildman–Crippen MR) is 95.1 cm³/mol. The third-order valence-electron chi connectivity index (χ3n) is 3.57. The number of nitrogens with one attached hydrogen (secondary N) is 1. The van der Waals surface area contributed by atoms with Crippen LogP contribution >= 0.6 is 11.3 Å². The summed E-state index contributed by atoms with van der Waals surface area (Å²) >= 11 is 1.43. The zero-order chi connectivity index (χ0) is 16.8. The third kappa shape index (κ3) is 5.36. The molecule has 1 atom stereocenters. The minimum atomic E-state index is 0.00107. The molecule has 2 rings (SSSR count). The largest absolute Gasteiger partial charge is 0.491 e. The van der Waals surface area contributed by atoms with Gasteiger partial charge in [0.15, 0.2) is 5.13 Å². The van der Waals surface area contributed by atoms with Crippen LogP contribution in [0, 0.1) is 5.92 Å². The summed E-state index contributed by atoms with van der Waals surface area (Å²) < 4.78 is 5.67. The van der Waals surface area contributed by atoms with Gasteiger partial charge in [-0.05, 0) is 43.4 Å². The molecule has 1 amide bonds. The number of benzene rings is 1. The molecule has 0 spiro atoms. The van der Waals surface area contributed by atoms with Gasteiger partial charge in [0.2, 0.25) is 5.91 Å². The molecular weight excluding hydrogens is 308 g/mol. The predicted octanol–water partition coefficient (Wildman–Crippen LogP) is 4.70. The van der Waals surface area contributed by atoms with Gasteiger partial charge in [-0.2, -0.15) is 0 Å². The van der Waals surface area contributed by atoms with Gasteiger partial charge in [-0.1, -0.05) is 26.0 Å². The molecular formula is C18H24N2O2S. The van der Waals surface area contributed by atoms with Crippen LogP contribution in [0.4, 0.5) is 5.13 Å². The number of thiazole rings is 1. The molecule has 23 heavy (non-hydrogen) atoms. The molecule has 0 aliphatic rings. The van der Waals surface area contributed by atoms with Gasteiger partial charge in [0.05, 0.1) is 6.10 Å². The smallest absolute Gasteiger partial charge is 0.226 e. The van der Waals surface area contributed by atoms with E-state index in [1.54, 1.807) is 6.20 Å². The highest BCUT2D eigenvalue weighted by Crippen LogP contribution is 2.30. The lowest BCUT2D eigenvalue weighted by Crippen LogP contribution is -2.18. The molecule has 0 unspecified atom stereocenters. The van der Waals surface area contributed by atoms with Gasteiger partial charge in [-0.3, -0.25) is 4.79 Å². The lowest BCUT2D eigenvalue weighted by molar-refractivity contribution is -0.116. The molecule has 4 nitrogen and oxygen atoms in total. The van der Waals surface area contributed by atoms with Crippen LogP contribution in [0.1, 0.15) is 45.6 Å². The molecule has 0 aliphatic carbocycles. The Morgan fingerprint density at radius 1 is 1.22 bits per heavy atom. The fourth-order valence-corrected chi connectivity index (χ4v) is 3.00. The Hall–Kier alpha value is -1.88. The third-order valence-corrected chi connectivity index (χ3v) is 4.26. The molecule has 1 N–H and O–H groups in total. The molecule has 5 heteroatoms. The molecule has 0 radical (unpaired) electrons. The number of ether oxygens (including phenoxy) is 1. The highest BCUT2D eigenvalue weighted by Gasteiger charge is 2.20. The minimum Gasteiger partial charge on any atom is -0.491 e. The van der Waals surface area contributed by atoms with Crippen molar-refractivity contribution in [1.29, 1.82) is 0 Å². The normalized spacial score (nSPS) is 12.4. The summed E-state index contributed by atoms with van der Waals surface area (Å²) in [4.78, 5) is 16.3. The molecule has 0 bridgehead atoms. The highest BCUT2D eigenvalue weighted by atomic mass is 32.1. The Balaban J connectivity index is 2.04. The lowest BCUT2D eigenvalue weighted by Gasteiger charge is -2.21. The standard InChI is InChI=1S/C18H24N2O2S/c1-12(2)16(11-17(21)20-18-19-9-10-23-18)14-5-7-15(8-6-14)22-13(3)4/h5-10,12-13,16H,11H2,1-4H3,(H,19,20,21)/t16-/m0/s1. The number of carbonyl (C=O) groups is 1. The molecule has 0 saturated heterocycles. The van der Waals surface area contributed by atoms with E-state index in [2.05, 4.69) is 36.3 Å². The number of rotatable bonds is 7. The van der Waals surface area contributed by atoms with E-state index in [1.165, 1.54) is 11.3 Å². The van der Waals surface area contributed by atoms with Crippen molar-refractivity contribution in [3.05, 3.63) is 41.4 Å². The Kier molecular flexibility index (Phi) is 6.16. The average Bonchev–Trinajstić information content (AvgIpc) is 2.98. The fraction of sp³-hybridized carbons (Fsp3) is 0.444. The van der Waals surface area contributed by atoms with Gasteiger partial charge in [0, 0.05) is 18.0 Å². The Morgan fingerprint density at radius 3 is 2.43 bits per heavy atom. The first-order valence-electron chi connectivity index (χ1n) is 7.91. The van der Waals surface area contributed by atoms with E-state index in [0.29, 0.717) is 17.5 Å². The maximum absolute atomic E-state index is 12.2. The van der Waals surface area contributed by atoms with E-state index in [-0.39, 0.29) is 17.9 Å². The number of anilines is 1. The second kappa shape index (κ2) is 8.11. The van der Waals surface area contributed by atoms with Crippen LogP contribution < -0.4 is 10.1 Å². The van der Waals surface area contributed by atoms with Crippen LogP contribution in [0.15, 0.2) is 35.8 Å². The van der Waals surface area contributed by atoms with Crippen LogP contribution in [0.3, 0.4) is 0 Å². The number of carbonyl (C=O) groups excluding carboxylic acids is 1. The quantitative estimate of drug-likeness (QED) is 0.799. The second-order valence-corrected chi connectivity index (χ2v) is 7.07. The van der Waals surface area contributed by atoms with Crippen LogP contribution in [0.5, 0.6) is 5.75 Å². The van der Waals surface area contributed by atoms with Crippen molar-refractivity contribution in [2.24, 2.45) is 5.92 Å². The number of hydrogen-bond acceptors (Lipinski definition) is 4. The first-order chi connectivity index (χ1) is 11.0. The maximum Gasteiger partial charge on any atom is 0.226 e. The number of amides is 1. The van der Waals surface area contributed by atoms with E-state index < -0.39 is 0 Å². The molecule has 1 aromatic heterocycles. The van der Waals surface area contributed by atoms with Crippen LogP contribution in [0.2, 0.25) is 0 Å². The molecule has 0 aliphatic heterocycles. The van der Waals surface area contributed by atoms with Crippen molar-refractivity contribution in [3.8, 4) is 5.75 Å². The Bertz CT molecular complexity index is 606. The molecule has 0 saturated carbocycles. The summed E-state index contributed by atoms with van der Waals surface area (Å²) in [6, 6.07) is 8.06. The SMILES string of the molecule is CC(C)Oc1ccc([C@@H](CC(=O)Nc2nccs2)C(C)C)cc1. The van der Waals surface area contributed by atoms with Gasteiger partial charge in [0.1, 0.15) is 5.75 Å². The Morgan fingerprint density at radius 2 is 1.91 bits per heavy atom. The molecule has 2 aromatic rings. The fourth-order valence-electron chi connectivity index (χ4n) is 2.46. The number of nitrogens with zero attached hydrogens (tertiary/aromatic N) is 1. The first-order valence-corrected chi connectivity index (χ1v) is 8.79. The topological polar surface area (TPSA) is 51.2 Å². The van der Waals surface area contributed by atoms with Gasteiger partial charge in [-0.25, -0.2) is 4.98 Å². The van der Waals surface area contributed by atoms with Crippen LogP contribution in [-0.2, 0) is 4.79 Å².